The molecule has 4 nitrogen and oxygen atoms in total. The van der Waals surface area contributed by atoms with E-state index >= 15 is 0 Å². The van der Waals surface area contributed by atoms with Crippen molar-refractivity contribution in [1.82, 2.24) is 10.5 Å². The molecule has 0 saturated carbocycles. The van der Waals surface area contributed by atoms with Crippen molar-refractivity contribution in [2.45, 2.75) is 6.54 Å². The summed E-state index contributed by atoms with van der Waals surface area (Å²) < 4.78 is 18.1. The number of rotatable bonds is 4. The number of halogens is 3. The summed E-state index contributed by atoms with van der Waals surface area (Å²) in [7, 11) is 0. The van der Waals surface area contributed by atoms with E-state index in [9.17, 15) is 9.18 Å². The van der Waals surface area contributed by atoms with Gasteiger partial charge in [0.2, 0.25) is 0 Å². The molecule has 0 bridgehead atoms. The lowest BCUT2D eigenvalue weighted by molar-refractivity contribution is 0.0950. The van der Waals surface area contributed by atoms with Crippen molar-refractivity contribution >= 4 is 29.1 Å². The number of carbonyl (C=O) groups is 1. The minimum Gasteiger partial charge on any atom is -0.356 e. The zero-order valence-electron chi connectivity index (χ0n) is 12.2. The highest BCUT2D eigenvalue weighted by Crippen LogP contribution is 2.21. The van der Waals surface area contributed by atoms with E-state index in [-0.39, 0.29) is 18.3 Å². The molecule has 0 unspecified atom stereocenters. The summed E-state index contributed by atoms with van der Waals surface area (Å²) in [5.74, 6) is -0.165. The van der Waals surface area contributed by atoms with Gasteiger partial charge in [0.05, 0.1) is 6.54 Å². The lowest BCUT2D eigenvalue weighted by atomic mass is 10.1. The molecular weight excluding hydrogens is 354 g/mol. The average molecular weight is 365 g/mol. The lowest BCUT2D eigenvalue weighted by Crippen LogP contribution is -2.22. The van der Waals surface area contributed by atoms with Gasteiger partial charge in [0, 0.05) is 27.2 Å². The second-order valence-corrected chi connectivity index (χ2v) is 5.90. The van der Waals surface area contributed by atoms with Crippen LogP contribution in [0, 0.1) is 5.82 Å². The van der Waals surface area contributed by atoms with Crippen LogP contribution in [0.4, 0.5) is 4.39 Å². The third kappa shape index (κ3) is 3.93. The number of hydrogen-bond donors (Lipinski definition) is 1. The van der Waals surface area contributed by atoms with Gasteiger partial charge < -0.3 is 9.84 Å². The molecule has 0 aliphatic rings. The van der Waals surface area contributed by atoms with Gasteiger partial charge in [-0.1, -0.05) is 28.4 Å². The molecule has 0 aliphatic heterocycles. The second kappa shape index (κ2) is 7.03. The van der Waals surface area contributed by atoms with E-state index in [0.717, 1.165) is 0 Å². The Hall–Kier alpha value is -2.37. The molecule has 0 radical (unpaired) electrons. The molecule has 7 heteroatoms. The fourth-order valence-corrected chi connectivity index (χ4v) is 2.63. The van der Waals surface area contributed by atoms with Crippen LogP contribution in [0.15, 0.2) is 53.1 Å². The molecule has 0 atom stereocenters. The van der Waals surface area contributed by atoms with Gasteiger partial charge >= 0.3 is 0 Å². The average Bonchev–Trinajstić information content (AvgIpc) is 3.01. The Bertz CT molecular complexity index is 858. The molecule has 0 spiro atoms. The summed E-state index contributed by atoms with van der Waals surface area (Å²) in [6.45, 7) is 0.174. The first kappa shape index (κ1) is 16.5. The highest BCUT2D eigenvalue weighted by atomic mass is 35.5. The van der Waals surface area contributed by atoms with Gasteiger partial charge in [0.15, 0.2) is 5.76 Å². The van der Waals surface area contributed by atoms with Crippen LogP contribution >= 0.6 is 23.2 Å². The second-order valence-electron chi connectivity index (χ2n) is 5.03. The molecule has 3 aromatic rings. The highest BCUT2D eigenvalue weighted by molar-refractivity contribution is 6.35. The molecule has 1 aromatic heterocycles. The van der Waals surface area contributed by atoms with Crippen molar-refractivity contribution in [3.05, 3.63) is 75.7 Å². The SMILES string of the molecule is O=C(NCc1cc(-c2ccc(F)cc2)on1)c1cc(Cl)cc(Cl)c1. The summed E-state index contributed by atoms with van der Waals surface area (Å²) in [5.41, 5.74) is 1.59. The molecule has 2 aromatic carbocycles. The van der Waals surface area contributed by atoms with E-state index < -0.39 is 0 Å². The van der Waals surface area contributed by atoms with Crippen molar-refractivity contribution in [3.63, 3.8) is 0 Å². The lowest BCUT2D eigenvalue weighted by Gasteiger charge is -2.04. The Morgan fingerprint density at radius 2 is 1.75 bits per heavy atom. The molecular formula is C17H11Cl2FN2O2. The van der Waals surface area contributed by atoms with E-state index in [1.165, 1.54) is 24.3 Å². The van der Waals surface area contributed by atoms with Gasteiger partial charge in [-0.3, -0.25) is 4.79 Å². The molecule has 0 aliphatic carbocycles. The Balaban J connectivity index is 1.67. The van der Waals surface area contributed by atoms with Crippen LogP contribution in [0.1, 0.15) is 16.1 Å². The maximum Gasteiger partial charge on any atom is 0.251 e. The molecule has 1 N–H and O–H groups in total. The zero-order chi connectivity index (χ0) is 17.1. The minimum atomic E-state index is -0.328. The largest absolute Gasteiger partial charge is 0.356 e. The normalized spacial score (nSPS) is 10.6. The van der Waals surface area contributed by atoms with Crippen LogP contribution < -0.4 is 5.32 Å². The summed E-state index contributed by atoms with van der Waals surface area (Å²) in [5, 5.41) is 7.35. The van der Waals surface area contributed by atoms with Gasteiger partial charge in [-0.15, -0.1) is 0 Å². The minimum absolute atomic E-state index is 0.174. The van der Waals surface area contributed by atoms with Crippen LogP contribution in [-0.4, -0.2) is 11.1 Å². The Kier molecular flexibility index (Phi) is 4.83. The van der Waals surface area contributed by atoms with Crippen LogP contribution in [0.3, 0.4) is 0 Å². The quantitative estimate of drug-likeness (QED) is 0.728. The van der Waals surface area contributed by atoms with Crippen molar-refractivity contribution in [1.29, 1.82) is 0 Å². The summed E-state index contributed by atoms with van der Waals surface area (Å²) >= 11 is 11.8. The fourth-order valence-electron chi connectivity index (χ4n) is 2.10. The van der Waals surface area contributed by atoms with Gasteiger partial charge in [-0.05, 0) is 42.5 Å². The topological polar surface area (TPSA) is 55.1 Å². The molecule has 3 rings (SSSR count). The van der Waals surface area contributed by atoms with E-state index in [1.54, 1.807) is 24.3 Å². The first-order chi connectivity index (χ1) is 11.5. The number of nitrogens with zero attached hydrogens (tertiary/aromatic N) is 1. The van der Waals surface area contributed by atoms with Crippen LogP contribution in [0.5, 0.6) is 0 Å². The standard InChI is InChI=1S/C17H11Cl2FN2O2/c18-12-5-11(6-13(19)7-12)17(23)21-9-15-8-16(24-22-15)10-1-3-14(20)4-2-10/h1-8H,9H2,(H,21,23). The molecule has 0 saturated heterocycles. The van der Waals surface area contributed by atoms with Crippen molar-refractivity contribution in [2.24, 2.45) is 0 Å². The van der Waals surface area contributed by atoms with Crippen LogP contribution in [0.2, 0.25) is 10.0 Å². The van der Waals surface area contributed by atoms with Crippen molar-refractivity contribution in [2.75, 3.05) is 0 Å². The van der Waals surface area contributed by atoms with E-state index in [2.05, 4.69) is 10.5 Å². The third-order valence-electron chi connectivity index (χ3n) is 3.24. The number of amides is 1. The third-order valence-corrected chi connectivity index (χ3v) is 3.68. The first-order valence-electron chi connectivity index (χ1n) is 6.97. The Labute approximate surface area is 147 Å². The number of hydrogen-bond acceptors (Lipinski definition) is 3. The van der Waals surface area contributed by atoms with E-state index in [1.807, 2.05) is 0 Å². The predicted octanol–water partition coefficient (Wildman–Crippen LogP) is 4.72. The summed E-state index contributed by atoms with van der Waals surface area (Å²) in [4.78, 5) is 12.1. The maximum atomic E-state index is 12.9. The summed E-state index contributed by atoms with van der Waals surface area (Å²) in [6.07, 6.45) is 0. The molecule has 1 amide bonds. The number of nitrogens with one attached hydrogen (secondary N) is 1. The number of aromatic nitrogens is 1. The molecule has 1 heterocycles. The summed E-state index contributed by atoms with van der Waals surface area (Å²) in [6, 6.07) is 12.1. The van der Waals surface area contributed by atoms with E-state index in [4.69, 9.17) is 27.7 Å². The Morgan fingerprint density at radius 3 is 2.42 bits per heavy atom. The zero-order valence-corrected chi connectivity index (χ0v) is 13.7. The van der Waals surface area contributed by atoms with Gasteiger partial charge in [-0.25, -0.2) is 4.39 Å². The van der Waals surface area contributed by atoms with Crippen LogP contribution in [0.25, 0.3) is 11.3 Å². The van der Waals surface area contributed by atoms with Gasteiger partial charge in [-0.2, -0.15) is 0 Å². The molecule has 122 valence electrons. The predicted molar refractivity (Wildman–Crippen MR) is 89.5 cm³/mol. The van der Waals surface area contributed by atoms with Crippen LogP contribution in [-0.2, 0) is 6.54 Å². The van der Waals surface area contributed by atoms with Gasteiger partial charge in [0.25, 0.3) is 5.91 Å². The van der Waals surface area contributed by atoms with E-state index in [0.29, 0.717) is 32.6 Å². The number of benzene rings is 2. The van der Waals surface area contributed by atoms with Crippen molar-refractivity contribution < 1.29 is 13.7 Å². The van der Waals surface area contributed by atoms with Crippen molar-refractivity contribution in [3.8, 4) is 11.3 Å². The molecule has 24 heavy (non-hydrogen) atoms. The first-order valence-corrected chi connectivity index (χ1v) is 7.73. The fraction of sp³-hybridized carbons (Fsp3) is 0.0588. The highest BCUT2D eigenvalue weighted by Gasteiger charge is 2.11. The molecule has 0 fully saturated rings. The van der Waals surface area contributed by atoms with Gasteiger partial charge in [0.1, 0.15) is 11.5 Å². The number of carbonyl (C=O) groups excluding carboxylic acids is 1. The monoisotopic (exact) mass is 364 g/mol. The smallest absolute Gasteiger partial charge is 0.251 e. The Morgan fingerprint density at radius 1 is 1.08 bits per heavy atom. The maximum absolute atomic E-state index is 12.9.